The first kappa shape index (κ1) is 95.9. The Bertz CT molecular complexity index is 8500. The molecule has 12 nitrogen and oxygen atoms in total. The van der Waals surface area contributed by atoms with Crippen LogP contribution in [-0.2, 0) is 51.3 Å². The molecule has 7 heterocycles. The van der Waals surface area contributed by atoms with E-state index in [1.165, 1.54) is 50.1 Å². The van der Waals surface area contributed by atoms with Crippen molar-refractivity contribution in [1.29, 1.82) is 0 Å². The van der Waals surface area contributed by atoms with Gasteiger partial charge in [-0.15, -0.1) is 0 Å². The maximum absolute atomic E-state index is 6.29. The number of halogens is 3. The molecule has 23 aromatic rings. The Hall–Kier alpha value is -14.0. The Morgan fingerprint density at radius 3 is 0.972 bits per heavy atom. The van der Waals surface area contributed by atoms with Crippen LogP contribution >= 0.6 is 34.8 Å². The van der Waals surface area contributed by atoms with Gasteiger partial charge >= 0.3 is 14.2 Å². The third-order valence-electron chi connectivity index (χ3n) is 26.9. The van der Waals surface area contributed by atoms with E-state index in [0.717, 1.165) is 154 Å². The molecule has 0 spiro atoms. The number of benzene rings is 18. The Balaban J connectivity index is 0.000000117. The zero-order chi connectivity index (χ0) is 95.1. The Morgan fingerprint density at radius 2 is 0.525 bits per heavy atom. The minimum atomic E-state index is -0.351. The van der Waals surface area contributed by atoms with Gasteiger partial charge in [0.05, 0.1) is 50.3 Å². The zero-order valence-electron chi connectivity index (χ0n) is 78.3. The summed E-state index contributed by atoms with van der Waals surface area (Å²) >= 11 is 17.6. The van der Waals surface area contributed by atoms with E-state index < -0.39 is 0 Å². The number of para-hydroxylation sites is 5. The van der Waals surface area contributed by atoms with Crippen LogP contribution in [0.4, 0.5) is 0 Å². The molecule has 1 radical (unpaired) electrons. The normalized spacial score (nSPS) is 13.8. The standard InChI is InChI=1S/C42H26N2O.C26H17ClN2.C24H25BO2.C22H21BO3.C8H4Cl2N2.CH4.Y/c1-2-9-27(10-3-1)28-17-19-29(20-18-28)30-11-8-12-32(25-30)40-37-14-4-6-15-38(37)43-42(44-40)33-22-23-34-31(26-33)21-24-36-35-13-5-7-16-39(35)45-41(34)36;27-26-28-24-12-5-4-11-23(24)25(29-26)22-10-6-9-21(17-22)20-15-13-19(14-16-20)18-7-2-1-3-8-18;1-23(2)24(3,4)27-25(26-23)22-12-8-11-21(17-22)20-15-13-19(14-16-20)18-9-6-5-7-10-18;1-21(2)22(3,4)26-23(25-21)15-10-12-16-14(13-15)9-11-18-17-7-5-6-8-19(17)24-20(16)18;9-7-5-3-1-2-4-6(5)11-8(10)12-7;;/h1-26H;1-17H;5-17H,1-4H3;5-13H,1-4H3;1-4H;1H4;. The summed E-state index contributed by atoms with van der Waals surface area (Å²) in [4.78, 5) is 26.9. The monoisotopic (exact) mass is 1970 g/mol. The second-order valence-corrected chi connectivity index (χ2v) is 37.9. The first-order valence-corrected chi connectivity index (χ1v) is 47.6. The van der Waals surface area contributed by atoms with Gasteiger partial charge in [-0.3, -0.25) is 0 Å². The summed E-state index contributed by atoms with van der Waals surface area (Å²) < 4.78 is 37.2. The van der Waals surface area contributed by atoms with Crippen LogP contribution in [0.2, 0.25) is 15.7 Å². The summed E-state index contributed by atoms with van der Waals surface area (Å²) in [7, 11) is -0.686. The molecule has 0 unspecified atom stereocenters. The van der Waals surface area contributed by atoms with Crippen LogP contribution in [0.3, 0.4) is 0 Å². The number of furan rings is 2. The summed E-state index contributed by atoms with van der Waals surface area (Å²) in [5, 5.41) is 12.7. The van der Waals surface area contributed by atoms with Crippen LogP contribution < -0.4 is 10.9 Å². The van der Waals surface area contributed by atoms with E-state index in [-0.39, 0.29) is 87.3 Å². The molecule has 0 amide bonds. The van der Waals surface area contributed by atoms with E-state index in [1.807, 2.05) is 103 Å². The van der Waals surface area contributed by atoms with Crippen molar-refractivity contribution in [2.24, 2.45) is 0 Å². The second-order valence-electron chi connectivity index (χ2n) is 36.9. The fraction of sp³-hybridized carbons (Fsp3) is 0.106. The molecule has 685 valence electrons. The minimum absolute atomic E-state index is 0. The Morgan fingerprint density at radius 1 is 0.220 bits per heavy atom. The second kappa shape index (κ2) is 40.7. The number of nitrogens with zero attached hydrogens (tertiary/aromatic N) is 6. The average Bonchev–Trinajstić information content (AvgIpc) is 1.61. The molecule has 2 saturated heterocycles. The van der Waals surface area contributed by atoms with Gasteiger partial charge in [0.1, 0.15) is 27.5 Å². The first-order valence-electron chi connectivity index (χ1n) is 46.5. The number of rotatable bonds is 11. The van der Waals surface area contributed by atoms with Gasteiger partial charge in [-0.1, -0.05) is 365 Å². The van der Waals surface area contributed by atoms with E-state index in [4.69, 9.17) is 72.2 Å². The van der Waals surface area contributed by atoms with Gasteiger partial charge in [0, 0.05) is 97.9 Å². The molecule has 0 bridgehead atoms. The number of hydrogen-bond acceptors (Lipinski definition) is 12. The fourth-order valence-corrected chi connectivity index (χ4v) is 18.6. The maximum atomic E-state index is 6.29. The predicted molar refractivity (Wildman–Crippen MR) is 583 cm³/mol. The predicted octanol–water partition coefficient (Wildman–Crippen LogP) is 32.6. The van der Waals surface area contributed by atoms with Crippen molar-refractivity contribution < 1.29 is 60.2 Å². The van der Waals surface area contributed by atoms with Gasteiger partial charge in [0.25, 0.3) is 0 Å². The summed E-state index contributed by atoms with van der Waals surface area (Å²) in [6.45, 7) is 16.6. The SMILES string of the molecule is C.CC1(C)OB(c2ccc3c(ccc4c5ccccc5oc34)c2)OC1(C)C.CC1(C)OB(c2cccc(-c3ccc(-c4ccccc4)cc3)c2)OC1(C)C.Clc1nc(-c2cccc(-c3ccc(-c4ccccc4)cc3)c2)c2ccccc2n1.Clc1nc(Cl)c2ccccc2n1.[Y].c1ccc(-c2ccc(-c3cccc(-c4nc(-c5ccc6c(ccc7c8ccccc8oc67)c5)nc5ccccc45)c3)cc2)cc1. The van der Waals surface area contributed by atoms with Crippen molar-refractivity contribution in [3.63, 3.8) is 0 Å². The third-order valence-corrected chi connectivity index (χ3v) is 27.5. The Labute approximate surface area is 861 Å². The minimum Gasteiger partial charge on any atom is -0.455 e. The first-order chi connectivity index (χ1) is 67.5. The van der Waals surface area contributed by atoms with Gasteiger partial charge < -0.3 is 27.5 Å². The molecule has 0 N–H and O–H groups in total. The van der Waals surface area contributed by atoms with Crippen molar-refractivity contribution in [3.05, 3.63) is 434 Å². The van der Waals surface area contributed by atoms with Gasteiger partial charge in [0.2, 0.25) is 10.6 Å². The van der Waals surface area contributed by atoms with E-state index in [2.05, 4.69) is 391 Å². The number of aromatic nitrogens is 6. The molecule has 5 aromatic heterocycles. The van der Waals surface area contributed by atoms with Gasteiger partial charge in [-0.2, -0.15) is 0 Å². The number of hydrogen-bond donors (Lipinski definition) is 0. The molecular formula is C123H97B2Cl3N6O6Y. The van der Waals surface area contributed by atoms with Crippen LogP contribution in [0.1, 0.15) is 62.8 Å². The van der Waals surface area contributed by atoms with E-state index in [9.17, 15) is 0 Å². The van der Waals surface area contributed by atoms with Crippen LogP contribution in [0.5, 0.6) is 0 Å². The maximum Gasteiger partial charge on any atom is 0.494 e. The molecule has 2 aliphatic heterocycles. The number of fused-ring (bicyclic) bond motifs is 13. The summed E-state index contributed by atoms with van der Waals surface area (Å²) in [6, 6.07) is 144. The van der Waals surface area contributed by atoms with E-state index in [0.29, 0.717) is 11.0 Å². The topological polar surface area (TPSA) is 141 Å². The fourth-order valence-electron chi connectivity index (χ4n) is 18.0. The van der Waals surface area contributed by atoms with Gasteiger partial charge in [-0.25, -0.2) is 29.9 Å². The molecule has 2 fully saturated rings. The van der Waals surface area contributed by atoms with Crippen LogP contribution in [0.25, 0.3) is 199 Å². The molecule has 0 atom stereocenters. The summed E-state index contributed by atoms with van der Waals surface area (Å²) in [5.41, 5.74) is 26.1. The molecule has 0 saturated carbocycles. The quantitative estimate of drug-likeness (QED) is 0.0691. The summed E-state index contributed by atoms with van der Waals surface area (Å²) in [6.07, 6.45) is 0. The molecule has 0 aliphatic carbocycles. The van der Waals surface area contributed by atoms with Gasteiger partial charge in [-0.05, 0) is 240 Å². The largest absolute Gasteiger partial charge is 0.494 e. The van der Waals surface area contributed by atoms with Crippen LogP contribution in [0.15, 0.2) is 427 Å². The molecule has 141 heavy (non-hydrogen) atoms. The van der Waals surface area contributed by atoms with Crippen LogP contribution in [-0.4, -0.2) is 66.5 Å². The summed E-state index contributed by atoms with van der Waals surface area (Å²) in [5.74, 6) is 0.702. The smallest absolute Gasteiger partial charge is 0.455 e. The zero-order valence-corrected chi connectivity index (χ0v) is 83.4. The molecule has 18 aromatic carbocycles. The van der Waals surface area contributed by atoms with Crippen molar-refractivity contribution in [2.45, 2.75) is 85.2 Å². The molecule has 25 rings (SSSR count). The van der Waals surface area contributed by atoms with Crippen molar-refractivity contribution in [2.75, 3.05) is 0 Å². The van der Waals surface area contributed by atoms with Crippen molar-refractivity contribution in [1.82, 2.24) is 29.9 Å². The Kier molecular flexibility index (Phi) is 27.7. The third kappa shape index (κ3) is 20.0. The average molecular weight is 1970 g/mol. The van der Waals surface area contributed by atoms with E-state index in [1.54, 1.807) is 0 Å². The molecule has 2 aliphatic rings. The van der Waals surface area contributed by atoms with Crippen LogP contribution in [0, 0.1) is 0 Å². The van der Waals surface area contributed by atoms with E-state index >= 15 is 0 Å². The molecular weight excluding hydrogens is 1870 g/mol. The van der Waals surface area contributed by atoms with Crippen molar-refractivity contribution >= 4 is 158 Å². The van der Waals surface area contributed by atoms with Crippen molar-refractivity contribution in [3.8, 4) is 101 Å². The van der Waals surface area contributed by atoms with Gasteiger partial charge in [0.15, 0.2) is 5.82 Å². The molecule has 18 heteroatoms.